The van der Waals surface area contributed by atoms with Crippen LogP contribution in [-0.4, -0.2) is 43.3 Å². The maximum Gasteiger partial charge on any atom is 0.161 e. The summed E-state index contributed by atoms with van der Waals surface area (Å²) in [4.78, 5) is 2.40. The molecule has 1 aliphatic rings. The van der Waals surface area contributed by atoms with E-state index in [-0.39, 0.29) is 5.75 Å². The number of hydrogen-bond donors (Lipinski definition) is 2. The molecule has 94 valence electrons. The number of methoxy groups -OCH3 is 1. The van der Waals surface area contributed by atoms with Gasteiger partial charge in [0.1, 0.15) is 0 Å². The number of aryl methyl sites for hydroxylation is 1. The SMILES string of the molecule is COc1cc(CN2CCNCC2)cc(C)c1O. The van der Waals surface area contributed by atoms with Crippen LogP contribution >= 0.6 is 0 Å². The minimum Gasteiger partial charge on any atom is -0.504 e. The number of hydrogen-bond acceptors (Lipinski definition) is 4. The van der Waals surface area contributed by atoms with Gasteiger partial charge in [-0.25, -0.2) is 0 Å². The molecule has 2 N–H and O–H groups in total. The van der Waals surface area contributed by atoms with Crippen LogP contribution in [0.2, 0.25) is 0 Å². The number of aromatic hydroxyl groups is 1. The minimum atomic E-state index is 0.247. The summed E-state index contributed by atoms with van der Waals surface area (Å²) in [6, 6.07) is 3.95. The quantitative estimate of drug-likeness (QED) is 0.825. The molecule has 1 saturated heterocycles. The van der Waals surface area contributed by atoms with Crippen LogP contribution in [0, 0.1) is 6.92 Å². The Hall–Kier alpha value is -1.26. The second-order valence-electron chi connectivity index (χ2n) is 4.49. The van der Waals surface area contributed by atoms with Crippen LogP contribution in [-0.2, 0) is 6.54 Å². The predicted octanol–water partition coefficient (Wildman–Crippen LogP) is 1.11. The first kappa shape index (κ1) is 12.2. The molecule has 0 bridgehead atoms. The molecule has 1 aromatic rings. The third-order valence-electron chi connectivity index (χ3n) is 3.16. The van der Waals surface area contributed by atoms with E-state index in [0.717, 1.165) is 38.3 Å². The van der Waals surface area contributed by atoms with Crippen molar-refractivity contribution < 1.29 is 9.84 Å². The molecule has 0 spiro atoms. The summed E-state index contributed by atoms with van der Waals surface area (Å²) < 4.78 is 5.17. The highest BCUT2D eigenvalue weighted by atomic mass is 16.5. The molecule has 17 heavy (non-hydrogen) atoms. The number of nitrogens with one attached hydrogen (secondary N) is 1. The van der Waals surface area contributed by atoms with Crippen molar-refractivity contribution in [3.63, 3.8) is 0 Å². The molecular formula is C13H20N2O2. The van der Waals surface area contributed by atoms with E-state index in [0.29, 0.717) is 5.75 Å². The Bertz CT molecular complexity index is 387. The van der Waals surface area contributed by atoms with E-state index in [4.69, 9.17) is 4.74 Å². The van der Waals surface area contributed by atoms with E-state index in [2.05, 4.69) is 10.2 Å². The minimum absolute atomic E-state index is 0.247. The molecule has 4 nitrogen and oxygen atoms in total. The lowest BCUT2D eigenvalue weighted by Crippen LogP contribution is -2.42. The van der Waals surface area contributed by atoms with E-state index in [1.54, 1.807) is 7.11 Å². The monoisotopic (exact) mass is 236 g/mol. The van der Waals surface area contributed by atoms with Crippen LogP contribution < -0.4 is 10.1 Å². The molecule has 0 radical (unpaired) electrons. The number of ether oxygens (including phenoxy) is 1. The van der Waals surface area contributed by atoms with Crippen molar-refractivity contribution in [3.05, 3.63) is 23.3 Å². The number of piperazine rings is 1. The van der Waals surface area contributed by atoms with Crippen molar-refractivity contribution in [3.8, 4) is 11.5 Å². The predicted molar refractivity (Wildman–Crippen MR) is 67.5 cm³/mol. The van der Waals surface area contributed by atoms with Crippen LogP contribution in [0.1, 0.15) is 11.1 Å². The van der Waals surface area contributed by atoms with Gasteiger partial charge < -0.3 is 15.2 Å². The van der Waals surface area contributed by atoms with Crippen LogP contribution in [0.15, 0.2) is 12.1 Å². The van der Waals surface area contributed by atoms with Gasteiger partial charge in [-0.1, -0.05) is 6.07 Å². The number of benzene rings is 1. The first-order valence-corrected chi connectivity index (χ1v) is 6.00. The maximum atomic E-state index is 9.78. The molecule has 0 aliphatic carbocycles. The maximum absolute atomic E-state index is 9.78. The Labute approximate surface area is 102 Å². The summed E-state index contributed by atoms with van der Waals surface area (Å²) in [5.41, 5.74) is 2.06. The zero-order valence-corrected chi connectivity index (χ0v) is 10.5. The fourth-order valence-electron chi connectivity index (χ4n) is 2.19. The van der Waals surface area contributed by atoms with Gasteiger partial charge in [0, 0.05) is 32.7 Å². The van der Waals surface area contributed by atoms with Gasteiger partial charge in [-0.05, 0) is 24.1 Å². The Morgan fingerprint density at radius 3 is 2.71 bits per heavy atom. The average molecular weight is 236 g/mol. The lowest BCUT2D eigenvalue weighted by molar-refractivity contribution is 0.232. The summed E-state index contributed by atoms with van der Waals surface area (Å²) in [5.74, 6) is 0.812. The smallest absolute Gasteiger partial charge is 0.161 e. The zero-order valence-electron chi connectivity index (χ0n) is 10.5. The van der Waals surface area contributed by atoms with Crippen LogP contribution in [0.4, 0.5) is 0 Å². The topological polar surface area (TPSA) is 44.7 Å². The fraction of sp³-hybridized carbons (Fsp3) is 0.538. The van der Waals surface area contributed by atoms with Gasteiger partial charge in [0.05, 0.1) is 7.11 Å². The van der Waals surface area contributed by atoms with E-state index < -0.39 is 0 Å². The normalized spacial score (nSPS) is 17.1. The van der Waals surface area contributed by atoms with Crippen molar-refractivity contribution >= 4 is 0 Å². The average Bonchev–Trinajstić information content (AvgIpc) is 2.35. The lowest BCUT2D eigenvalue weighted by Gasteiger charge is -2.27. The first-order chi connectivity index (χ1) is 8.20. The van der Waals surface area contributed by atoms with E-state index in [1.165, 1.54) is 5.56 Å². The highest BCUT2D eigenvalue weighted by Crippen LogP contribution is 2.31. The Morgan fingerprint density at radius 2 is 2.06 bits per heavy atom. The van der Waals surface area contributed by atoms with Gasteiger partial charge in [0.25, 0.3) is 0 Å². The third-order valence-corrected chi connectivity index (χ3v) is 3.16. The highest BCUT2D eigenvalue weighted by molar-refractivity contribution is 5.47. The molecule has 0 saturated carbocycles. The molecule has 0 unspecified atom stereocenters. The van der Waals surface area contributed by atoms with Crippen LogP contribution in [0.25, 0.3) is 0 Å². The number of rotatable bonds is 3. The molecule has 1 aromatic carbocycles. The van der Waals surface area contributed by atoms with Crippen molar-refractivity contribution in [2.24, 2.45) is 0 Å². The van der Waals surface area contributed by atoms with Crippen molar-refractivity contribution in [1.82, 2.24) is 10.2 Å². The molecular weight excluding hydrogens is 216 g/mol. The van der Waals surface area contributed by atoms with Crippen LogP contribution in [0.3, 0.4) is 0 Å². The van der Waals surface area contributed by atoms with E-state index in [9.17, 15) is 5.11 Å². The van der Waals surface area contributed by atoms with Crippen LogP contribution in [0.5, 0.6) is 11.5 Å². The van der Waals surface area contributed by atoms with Gasteiger partial charge in [-0.15, -0.1) is 0 Å². The summed E-state index contributed by atoms with van der Waals surface area (Å²) in [6.45, 7) is 7.06. The second kappa shape index (κ2) is 5.38. The molecule has 4 heteroatoms. The summed E-state index contributed by atoms with van der Waals surface area (Å²) >= 11 is 0. The van der Waals surface area contributed by atoms with Gasteiger partial charge in [0.15, 0.2) is 11.5 Å². The molecule has 0 amide bonds. The summed E-state index contributed by atoms with van der Waals surface area (Å²) in [5, 5.41) is 13.1. The van der Waals surface area contributed by atoms with Crippen molar-refractivity contribution in [2.45, 2.75) is 13.5 Å². The molecule has 1 fully saturated rings. The Morgan fingerprint density at radius 1 is 1.35 bits per heavy atom. The van der Waals surface area contributed by atoms with E-state index in [1.807, 2.05) is 19.1 Å². The lowest BCUT2D eigenvalue weighted by atomic mass is 10.1. The Balaban J connectivity index is 2.12. The first-order valence-electron chi connectivity index (χ1n) is 6.00. The standard InChI is InChI=1S/C13H20N2O2/c1-10-7-11(8-12(17-2)13(10)16)9-15-5-3-14-4-6-15/h7-8,14,16H,3-6,9H2,1-2H3. The molecule has 1 heterocycles. The summed E-state index contributed by atoms with van der Waals surface area (Å²) in [7, 11) is 1.59. The third kappa shape index (κ3) is 2.90. The van der Waals surface area contributed by atoms with Gasteiger partial charge >= 0.3 is 0 Å². The van der Waals surface area contributed by atoms with Crippen molar-refractivity contribution in [1.29, 1.82) is 0 Å². The zero-order chi connectivity index (χ0) is 12.3. The van der Waals surface area contributed by atoms with Gasteiger partial charge in [0.2, 0.25) is 0 Å². The molecule has 0 atom stereocenters. The highest BCUT2D eigenvalue weighted by Gasteiger charge is 2.12. The fourth-order valence-corrected chi connectivity index (χ4v) is 2.19. The molecule has 0 aromatic heterocycles. The molecule has 2 rings (SSSR count). The largest absolute Gasteiger partial charge is 0.504 e. The number of nitrogens with zero attached hydrogens (tertiary/aromatic N) is 1. The second-order valence-corrected chi connectivity index (χ2v) is 4.49. The van der Waals surface area contributed by atoms with Gasteiger partial charge in [-0.2, -0.15) is 0 Å². The molecule has 1 aliphatic heterocycles. The van der Waals surface area contributed by atoms with Crippen molar-refractivity contribution in [2.75, 3.05) is 33.3 Å². The number of phenols is 1. The van der Waals surface area contributed by atoms with E-state index >= 15 is 0 Å². The summed E-state index contributed by atoms with van der Waals surface area (Å²) in [6.07, 6.45) is 0. The Kier molecular flexibility index (Phi) is 3.86. The number of phenolic OH excluding ortho intramolecular Hbond substituents is 1. The van der Waals surface area contributed by atoms with Gasteiger partial charge in [-0.3, -0.25) is 4.90 Å².